The van der Waals surface area contributed by atoms with Gasteiger partial charge < -0.3 is 5.11 Å². The zero-order valence-corrected chi connectivity index (χ0v) is 6.86. The van der Waals surface area contributed by atoms with Gasteiger partial charge in [0.25, 0.3) is 0 Å². The van der Waals surface area contributed by atoms with Crippen molar-refractivity contribution in [2.45, 2.75) is 19.3 Å². The largest absolute Gasteiger partial charge is 1.00 e. The van der Waals surface area contributed by atoms with Crippen LogP contribution in [0.5, 0.6) is 0 Å². The first-order valence-corrected chi connectivity index (χ1v) is 2.13. The van der Waals surface area contributed by atoms with Gasteiger partial charge in [-0.3, -0.25) is 0 Å². The number of alkyl halides is 2. The standard InChI is InChI=1S/C4H7F2O.Na/c5-4(6)2-1-3-7;/h4H,1-3H2;/q-1;+1. The van der Waals surface area contributed by atoms with Crippen LogP contribution in [0.1, 0.15) is 12.8 Å². The monoisotopic (exact) mass is 132 g/mol. The molecule has 0 amide bonds. The minimum atomic E-state index is -2.30. The third-order valence-corrected chi connectivity index (χ3v) is 0.567. The summed E-state index contributed by atoms with van der Waals surface area (Å²) in [6.45, 7) is -0.385. The van der Waals surface area contributed by atoms with Gasteiger partial charge in [0.05, 0.1) is 0 Å². The van der Waals surface area contributed by atoms with E-state index >= 15 is 0 Å². The van der Waals surface area contributed by atoms with Gasteiger partial charge in [-0.05, 0) is 0 Å². The third-order valence-electron chi connectivity index (χ3n) is 0.567. The molecule has 0 radical (unpaired) electrons. The Balaban J connectivity index is 0. The first kappa shape index (κ1) is 11.6. The van der Waals surface area contributed by atoms with E-state index in [1.54, 1.807) is 0 Å². The molecule has 0 saturated heterocycles. The summed E-state index contributed by atoms with van der Waals surface area (Å²) in [6, 6.07) is 0. The van der Waals surface area contributed by atoms with Crippen LogP contribution in [0, 0.1) is 0 Å². The molecule has 4 heteroatoms. The van der Waals surface area contributed by atoms with E-state index in [2.05, 4.69) is 0 Å². The molecule has 0 atom stereocenters. The van der Waals surface area contributed by atoms with Gasteiger partial charge >= 0.3 is 29.6 Å². The number of rotatable bonds is 3. The Morgan fingerprint density at radius 3 is 2.00 bits per heavy atom. The van der Waals surface area contributed by atoms with Gasteiger partial charge in [0, 0.05) is 6.42 Å². The summed E-state index contributed by atoms with van der Waals surface area (Å²) in [7, 11) is 0. The van der Waals surface area contributed by atoms with Crippen molar-refractivity contribution in [3.05, 3.63) is 0 Å². The SMILES string of the molecule is [Na+].[O-]CCCC(F)F. The van der Waals surface area contributed by atoms with E-state index in [-0.39, 0.29) is 49.0 Å². The summed E-state index contributed by atoms with van der Waals surface area (Å²) in [5.41, 5.74) is 0. The molecule has 0 unspecified atom stereocenters. The molecule has 0 N–H and O–H groups in total. The quantitative estimate of drug-likeness (QED) is 0.386. The fraction of sp³-hybridized carbons (Fsp3) is 1.00. The van der Waals surface area contributed by atoms with E-state index in [4.69, 9.17) is 0 Å². The van der Waals surface area contributed by atoms with Crippen LogP contribution in [0.15, 0.2) is 0 Å². The van der Waals surface area contributed by atoms with Crippen LogP contribution < -0.4 is 34.7 Å². The van der Waals surface area contributed by atoms with E-state index in [0.717, 1.165) is 0 Å². The molecule has 0 aromatic heterocycles. The Labute approximate surface area is 69.4 Å². The van der Waals surface area contributed by atoms with Crippen molar-refractivity contribution < 1.29 is 43.4 Å². The van der Waals surface area contributed by atoms with Crippen LogP contribution in [-0.2, 0) is 0 Å². The molecule has 44 valence electrons. The molecule has 8 heavy (non-hydrogen) atoms. The van der Waals surface area contributed by atoms with E-state index < -0.39 is 6.43 Å². The fourth-order valence-corrected chi connectivity index (χ4v) is 0.238. The molecule has 0 bridgehead atoms. The molecule has 0 rings (SSSR count). The molecule has 0 aliphatic carbocycles. The zero-order valence-electron chi connectivity index (χ0n) is 4.86. The summed E-state index contributed by atoms with van der Waals surface area (Å²) in [5.74, 6) is 0. The van der Waals surface area contributed by atoms with Crippen LogP contribution in [0.3, 0.4) is 0 Å². The second-order valence-electron chi connectivity index (χ2n) is 1.24. The average Bonchev–Trinajstić information content (AvgIpc) is 1.61. The molecular formula is C4H7F2NaO. The van der Waals surface area contributed by atoms with Crippen molar-refractivity contribution in [1.82, 2.24) is 0 Å². The maximum Gasteiger partial charge on any atom is 1.00 e. The summed E-state index contributed by atoms with van der Waals surface area (Å²) in [6.07, 6.45) is -2.45. The van der Waals surface area contributed by atoms with Gasteiger partial charge in [-0.1, -0.05) is 6.42 Å². The molecular weight excluding hydrogens is 125 g/mol. The van der Waals surface area contributed by atoms with Gasteiger partial charge in [0.1, 0.15) is 0 Å². The maximum atomic E-state index is 11.1. The number of hydrogen-bond donors (Lipinski definition) is 0. The van der Waals surface area contributed by atoms with Crippen molar-refractivity contribution >= 4 is 0 Å². The first-order valence-electron chi connectivity index (χ1n) is 2.13. The van der Waals surface area contributed by atoms with Gasteiger partial charge in [0.15, 0.2) is 0 Å². The summed E-state index contributed by atoms with van der Waals surface area (Å²) in [5, 5.41) is 9.50. The average molecular weight is 132 g/mol. The fourth-order valence-electron chi connectivity index (χ4n) is 0.238. The van der Waals surface area contributed by atoms with Crippen molar-refractivity contribution in [1.29, 1.82) is 0 Å². The molecule has 0 aromatic rings. The van der Waals surface area contributed by atoms with Crippen LogP contribution in [0.25, 0.3) is 0 Å². The summed E-state index contributed by atoms with van der Waals surface area (Å²) in [4.78, 5) is 0. The summed E-state index contributed by atoms with van der Waals surface area (Å²) >= 11 is 0. The molecule has 1 nitrogen and oxygen atoms in total. The number of halogens is 2. The smallest absolute Gasteiger partial charge is 0.854 e. The Bertz CT molecular complexity index is 43.0. The van der Waals surface area contributed by atoms with Crippen molar-refractivity contribution in [2.24, 2.45) is 0 Å². The van der Waals surface area contributed by atoms with Gasteiger partial charge in [-0.2, -0.15) is 0 Å². The normalized spacial score (nSPS) is 9.00. The zero-order chi connectivity index (χ0) is 5.70. The molecule has 0 aromatic carbocycles. The molecule has 0 saturated carbocycles. The van der Waals surface area contributed by atoms with E-state index in [9.17, 15) is 13.9 Å². The maximum absolute atomic E-state index is 11.1. The Morgan fingerprint density at radius 1 is 1.38 bits per heavy atom. The summed E-state index contributed by atoms with van der Waals surface area (Å²) < 4.78 is 22.2. The van der Waals surface area contributed by atoms with E-state index in [1.807, 2.05) is 0 Å². The minimum Gasteiger partial charge on any atom is -0.854 e. The minimum absolute atomic E-state index is 0. The third kappa shape index (κ3) is 9.94. The predicted molar refractivity (Wildman–Crippen MR) is 20.1 cm³/mol. The van der Waals surface area contributed by atoms with Gasteiger partial charge in [0.2, 0.25) is 6.43 Å². The van der Waals surface area contributed by atoms with Gasteiger partial charge in [-0.25, -0.2) is 8.78 Å². The van der Waals surface area contributed by atoms with Crippen molar-refractivity contribution in [3.8, 4) is 0 Å². The van der Waals surface area contributed by atoms with E-state index in [0.29, 0.717) is 0 Å². The molecule has 0 spiro atoms. The number of hydrogen-bond acceptors (Lipinski definition) is 1. The molecule has 0 aliphatic heterocycles. The second kappa shape index (κ2) is 7.82. The van der Waals surface area contributed by atoms with Crippen LogP contribution in [0.4, 0.5) is 8.78 Å². The van der Waals surface area contributed by atoms with E-state index in [1.165, 1.54) is 0 Å². The second-order valence-corrected chi connectivity index (χ2v) is 1.24. The Hall–Kier alpha value is 0.820. The van der Waals surface area contributed by atoms with Crippen molar-refractivity contribution in [2.75, 3.05) is 6.61 Å². The Kier molecular flexibility index (Phi) is 11.3. The molecule has 0 fully saturated rings. The first-order chi connectivity index (χ1) is 3.27. The van der Waals surface area contributed by atoms with Crippen molar-refractivity contribution in [3.63, 3.8) is 0 Å². The van der Waals surface area contributed by atoms with Crippen LogP contribution >= 0.6 is 0 Å². The van der Waals surface area contributed by atoms with Crippen LogP contribution in [-0.4, -0.2) is 13.0 Å². The van der Waals surface area contributed by atoms with Gasteiger partial charge in [-0.15, -0.1) is 6.61 Å². The predicted octanol–water partition coefficient (Wildman–Crippen LogP) is -2.60. The topological polar surface area (TPSA) is 23.1 Å². The Morgan fingerprint density at radius 2 is 1.88 bits per heavy atom. The molecule has 0 aliphatic rings. The van der Waals surface area contributed by atoms with Crippen LogP contribution in [0.2, 0.25) is 0 Å². The molecule has 0 heterocycles.